The number of aromatic nitrogens is 2. The fourth-order valence-corrected chi connectivity index (χ4v) is 2.06. The van der Waals surface area contributed by atoms with E-state index in [0.717, 1.165) is 18.5 Å². The summed E-state index contributed by atoms with van der Waals surface area (Å²) in [5.41, 5.74) is 1.02. The van der Waals surface area contributed by atoms with Crippen molar-refractivity contribution in [2.45, 2.75) is 31.8 Å². The Morgan fingerprint density at radius 2 is 2.23 bits per heavy atom. The Hall–Kier alpha value is -0.960. The lowest BCUT2D eigenvalue weighted by Crippen LogP contribution is -2.14. The van der Waals surface area contributed by atoms with E-state index in [4.69, 9.17) is 0 Å². The second-order valence-electron chi connectivity index (χ2n) is 3.74. The summed E-state index contributed by atoms with van der Waals surface area (Å²) in [5, 5.41) is 9.58. The van der Waals surface area contributed by atoms with Gasteiger partial charge in [-0.2, -0.15) is 0 Å². The summed E-state index contributed by atoms with van der Waals surface area (Å²) in [6, 6.07) is 0. The first-order valence-electron chi connectivity index (χ1n) is 4.73. The lowest BCUT2D eigenvalue weighted by atomic mass is 9.94. The lowest BCUT2D eigenvalue weighted by molar-refractivity contribution is 0.136. The molecule has 1 saturated carbocycles. The van der Waals surface area contributed by atoms with Crippen molar-refractivity contribution in [1.29, 1.82) is 0 Å². The molecule has 0 radical (unpaired) electrons. The molecule has 3 nitrogen and oxygen atoms in total. The summed E-state index contributed by atoms with van der Waals surface area (Å²) >= 11 is 0. The van der Waals surface area contributed by atoms with Crippen LogP contribution in [0.2, 0.25) is 0 Å². The van der Waals surface area contributed by atoms with Gasteiger partial charge in [0.1, 0.15) is 0 Å². The molecule has 0 spiro atoms. The molecule has 1 aromatic heterocycles. The van der Waals surface area contributed by atoms with Crippen molar-refractivity contribution in [3.8, 4) is 0 Å². The standard InChI is InChI=1S/C10H14N2O/c1-7-8(2-3-10(7)13)9-6-11-4-5-12-9/h4-8,10,13H,2-3H2,1H3. The molecule has 1 aromatic rings. The van der Waals surface area contributed by atoms with Crippen molar-refractivity contribution in [2.75, 3.05) is 0 Å². The highest BCUT2D eigenvalue weighted by Crippen LogP contribution is 2.38. The number of rotatable bonds is 1. The van der Waals surface area contributed by atoms with Crippen molar-refractivity contribution in [3.63, 3.8) is 0 Å². The van der Waals surface area contributed by atoms with E-state index in [1.807, 2.05) is 0 Å². The molecule has 0 aromatic carbocycles. The Kier molecular flexibility index (Phi) is 2.27. The summed E-state index contributed by atoms with van der Waals surface area (Å²) < 4.78 is 0. The number of hydrogen-bond donors (Lipinski definition) is 1. The molecular weight excluding hydrogens is 164 g/mol. The Balaban J connectivity index is 2.19. The van der Waals surface area contributed by atoms with E-state index in [9.17, 15) is 5.11 Å². The Morgan fingerprint density at radius 3 is 2.77 bits per heavy atom. The summed E-state index contributed by atoms with van der Waals surface area (Å²) in [5.74, 6) is 0.709. The van der Waals surface area contributed by atoms with Crippen LogP contribution in [0, 0.1) is 5.92 Å². The number of aliphatic hydroxyl groups is 1. The molecule has 3 heteroatoms. The van der Waals surface area contributed by atoms with E-state index >= 15 is 0 Å². The normalized spacial score (nSPS) is 33.5. The van der Waals surface area contributed by atoms with E-state index in [0.29, 0.717) is 11.8 Å². The van der Waals surface area contributed by atoms with Gasteiger partial charge < -0.3 is 5.11 Å². The second-order valence-corrected chi connectivity index (χ2v) is 3.74. The smallest absolute Gasteiger partial charge is 0.0621 e. The Morgan fingerprint density at radius 1 is 1.38 bits per heavy atom. The molecule has 1 heterocycles. The molecule has 2 rings (SSSR count). The summed E-state index contributed by atoms with van der Waals surface area (Å²) in [7, 11) is 0. The van der Waals surface area contributed by atoms with E-state index in [-0.39, 0.29) is 6.10 Å². The Labute approximate surface area is 77.8 Å². The van der Waals surface area contributed by atoms with Crippen molar-refractivity contribution in [1.82, 2.24) is 9.97 Å². The predicted molar refractivity (Wildman–Crippen MR) is 49.2 cm³/mol. The molecule has 0 bridgehead atoms. The topological polar surface area (TPSA) is 46.0 Å². The first-order chi connectivity index (χ1) is 6.29. The van der Waals surface area contributed by atoms with Gasteiger partial charge in [-0.25, -0.2) is 0 Å². The molecule has 1 fully saturated rings. The zero-order valence-corrected chi connectivity index (χ0v) is 7.72. The fourth-order valence-electron chi connectivity index (χ4n) is 2.06. The van der Waals surface area contributed by atoms with Crippen LogP contribution in [-0.4, -0.2) is 21.2 Å². The minimum atomic E-state index is -0.160. The van der Waals surface area contributed by atoms with Crippen LogP contribution in [0.1, 0.15) is 31.4 Å². The van der Waals surface area contributed by atoms with E-state index in [2.05, 4.69) is 16.9 Å². The van der Waals surface area contributed by atoms with Crippen molar-refractivity contribution in [2.24, 2.45) is 5.92 Å². The minimum Gasteiger partial charge on any atom is -0.393 e. The molecule has 1 aliphatic carbocycles. The minimum absolute atomic E-state index is 0.160. The SMILES string of the molecule is CC1C(O)CCC1c1cnccn1. The van der Waals surface area contributed by atoms with E-state index in [1.165, 1.54) is 0 Å². The van der Waals surface area contributed by atoms with Crippen molar-refractivity contribution in [3.05, 3.63) is 24.3 Å². The highest BCUT2D eigenvalue weighted by atomic mass is 16.3. The van der Waals surface area contributed by atoms with Gasteiger partial charge in [0.05, 0.1) is 11.8 Å². The maximum Gasteiger partial charge on any atom is 0.0621 e. The number of nitrogens with zero attached hydrogens (tertiary/aromatic N) is 2. The van der Waals surface area contributed by atoms with Gasteiger partial charge in [-0.3, -0.25) is 9.97 Å². The molecule has 0 saturated heterocycles. The molecule has 0 aliphatic heterocycles. The summed E-state index contributed by atoms with van der Waals surface area (Å²) in [4.78, 5) is 8.32. The molecule has 3 atom stereocenters. The van der Waals surface area contributed by atoms with Gasteiger partial charge in [0.25, 0.3) is 0 Å². The average molecular weight is 178 g/mol. The number of hydrogen-bond acceptors (Lipinski definition) is 3. The van der Waals surface area contributed by atoms with Gasteiger partial charge in [-0.1, -0.05) is 6.92 Å². The van der Waals surface area contributed by atoms with E-state index in [1.54, 1.807) is 18.6 Å². The molecule has 70 valence electrons. The van der Waals surface area contributed by atoms with Gasteiger partial charge >= 0.3 is 0 Å². The zero-order valence-electron chi connectivity index (χ0n) is 7.72. The largest absolute Gasteiger partial charge is 0.393 e. The van der Waals surface area contributed by atoms with Crippen molar-refractivity contribution < 1.29 is 5.11 Å². The van der Waals surface area contributed by atoms with Crippen LogP contribution in [0.15, 0.2) is 18.6 Å². The van der Waals surface area contributed by atoms with E-state index < -0.39 is 0 Å². The quantitative estimate of drug-likeness (QED) is 0.706. The molecule has 0 amide bonds. The van der Waals surface area contributed by atoms with Crippen LogP contribution in [0.3, 0.4) is 0 Å². The maximum atomic E-state index is 9.58. The first kappa shape index (κ1) is 8.63. The van der Waals surface area contributed by atoms with Crippen LogP contribution in [0.4, 0.5) is 0 Å². The molecule has 13 heavy (non-hydrogen) atoms. The molecule has 3 unspecified atom stereocenters. The highest BCUT2D eigenvalue weighted by Gasteiger charge is 2.33. The number of aliphatic hydroxyl groups excluding tert-OH is 1. The third-order valence-corrected chi connectivity index (χ3v) is 2.98. The van der Waals surface area contributed by atoms with Crippen LogP contribution in [0.5, 0.6) is 0 Å². The van der Waals surface area contributed by atoms with Crippen LogP contribution in [-0.2, 0) is 0 Å². The van der Waals surface area contributed by atoms with Crippen LogP contribution < -0.4 is 0 Å². The van der Waals surface area contributed by atoms with Crippen LogP contribution >= 0.6 is 0 Å². The highest BCUT2D eigenvalue weighted by molar-refractivity contribution is 5.08. The van der Waals surface area contributed by atoms with Crippen molar-refractivity contribution >= 4 is 0 Å². The molecule has 1 N–H and O–H groups in total. The third-order valence-electron chi connectivity index (χ3n) is 2.98. The molecule has 1 aliphatic rings. The summed E-state index contributed by atoms with van der Waals surface area (Å²) in [6.07, 6.45) is 6.96. The van der Waals surface area contributed by atoms with Crippen LogP contribution in [0.25, 0.3) is 0 Å². The second kappa shape index (κ2) is 3.42. The van der Waals surface area contributed by atoms with Gasteiger partial charge in [0.15, 0.2) is 0 Å². The van der Waals surface area contributed by atoms with Gasteiger partial charge in [0, 0.05) is 24.5 Å². The lowest BCUT2D eigenvalue weighted by Gasteiger charge is -2.15. The fraction of sp³-hybridized carbons (Fsp3) is 0.600. The maximum absolute atomic E-state index is 9.58. The summed E-state index contributed by atoms with van der Waals surface area (Å²) in [6.45, 7) is 2.08. The monoisotopic (exact) mass is 178 g/mol. The zero-order chi connectivity index (χ0) is 9.26. The molecular formula is C10H14N2O. The Bertz CT molecular complexity index is 276. The third kappa shape index (κ3) is 1.56. The van der Waals surface area contributed by atoms with Gasteiger partial charge in [-0.15, -0.1) is 0 Å². The predicted octanol–water partition coefficient (Wildman–Crippen LogP) is 1.35. The van der Waals surface area contributed by atoms with Gasteiger partial charge in [-0.05, 0) is 18.8 Å². The average Bonchev–Trinajstić information content (AvgIpc) is 2.49. The van der Waals surface area contributed by atoms with Gasteiger partial charge in [0.2, 0.25) is 0 Å². The first-order valence-corrected chi connectivity index (χ1v) is 4.73.